The van der Waals surface area contributed by atoms with Crippen LogP contribution in [0.25, 0.3) is 0 Å². The van der Waals surface area contributed by atoms with Gasteiger partial charge in [-0.3, -0.25) is 4.90 Å². The lowest BCUT2D eigenvalue weighted by molar-refractivity contribution is -0.0791. The molecule has 1 fully saturated rings. The lowest BCUT2D eigenvalue weighted by Gasteiger charge is -2.37. The Kier molecular flexibility index (Phi) is 3.01. The van der Waals surface area contributed by atoms with Gasteiger partial charge in [-0.05, 0) is 26.4 Å². The predicted octanol–water partition coefficient (Wildman–Crippen LogP) is 1.06. The third-order valence-electron chi connectivity index (χ3n) is 2.53. The van der Waals surface area contributed by atoms with Gasteiger partial charge in [0.05, 0.1) is 12.6 Å². The molecule has 1 aliphatic heterocycles. The van der Waals surface area contributed by atoms with Crippen LogP contribution in [-0.2, 0) is 0 Å². The quantitative estimate of drug-likeness (QED) is 0.685. The molecule has 72 valence electrons. The fraction of sp³-hybridized carbons (Fsp3) is 1.00. The number of nitrogens with two attached hydrogens (primary N) is 1. The molecule has 0 bridgehead atoms. The molecule has 1 saturated heterocycles. The van der Waals surface area contributed by atoms with E-state index in [2.05, 4.69) is 0 Å². The van der Waals surface area contributed by atoms with E-state index in [9.17, 15) is 8.78 Å². The van der Waals surface area contributed by atoms with Gasteiger partial charge in [0.2, 0.25) is 0 Å². The van der Waals surface area contributed by atoms with Crippen molar-refractivity contribution in [2.75, 3.05) is 20.1 Å². The first-order valence-corrected chi connectivity index (χ1v) is 4.36. The Bertz CT molecular complexity index is 150. The number of likely N-dealkylation sites (tertiary alicyclic amines) is 1. The van der Waals surface area contributed by atoms with Crippen molar-refractivity contribution in [3.63, 3.8) is 0 Å². The smallest absolute Gasteiger partial charge is 0.275 e. The van der Waals surface area contributed by atoms with Crippen molar-refractivity contribution in [3.05, 3.63) is 0 Å². The Morgan fingerprint density at radius 1 is 1.50 bits per heavy atom. The summed E-state index contributed by atoms with van der Waals surface area (Å²) in [5.74, 6) is -2.71. The molecule has 2 nitrogen and oxygen atoms in total. The second-order valence-corrected chi connectivity index (χ2v) is 3.46. The first-order chi connectivity index (χ1) is 5.58. The lowest BCUT2D eigenvalue weighted by atomic mass is 9.97. The zero-order valence-electron chi connectivity index (χ0n) is 7.39. The molecule has 0 spiro atoms. The average molecular weight is 178 g/mol. The fourth-order valence-electron chi connectivity index (χ4n) is 1.74. The van der Waals surface area contributed by atoms with Gasteiger partial charge in [-0.25, -0.2) is 8.78 Å². The molecule has 0 aromatic rings. The van der Waals surface area contributed by atoms with Crippen LogP contribution in [0, 0.1) is 0 Å². The highest BCUT2D eigenvalue weighted by atomic mass is 19.3. The Morgan fingerprint density at radius 2 is 2.17 bits per heavy atom. The van der Waals surface area contributed by atoms with Crippen molar-refractivity contribution in [2.45, 2.75) is 31.2 Å². The van der Waals surface area contributed by atoms with Crippen molar-refractivity contribution in [1.29, 1.82) is 0 Å². The second-order valence-electron chi connectivity index (χ2n) is 3.46. The Hall–Kier alpha value is -0.220. The number of hydrogen-bond acceptors (Lipinski definition) is 2. The van der Waals surface area contributed by atoms with Gasteiger partial charge in [-0.15, -0.1) is 0 Å². The molecule has 1 rings (SSSR count). The van der Waals surface area contributed by atoms with Crippen molar-refractivity contribution in [2.24, 2.45) is 5.73 Å². The zero-order valence-corrected chi connectivity index (χ0v) is 7.39. The third-order valence-corrected chi connectivity index (χ3v) is 2.53. The van der Waals surface area contributed by atoms with Crippen LogP contribution in [0.3, 0.4) is 0 Å². The van der Waals surface area contributed by atoms with Crippen LogP contribution in [0.15, 0.2) is 0 Å². The summed E-state index contributed by atoms with van der Waals surface area (Å²) in [7, 11) is 1.74. The maximum absolute atomic E-state index is 13.1. The highest BCUT2D eigenvalue weighted by molar-refractivity contribution is 4.87. The molecule has 0 amide bonds. The minimum atomic E-state index is -2.71. The molecule has 12 heavy (non-hydrogen) atoms. The molecule has 0 saturated carbocycles. The van der Waals surface area contributed by atoms with E-state index in [0.717, 1.165) is 19.4 Å². The predicted molar refractivity (Wildman–Crippen MR) is 44.3 cm³/mol. The summed E-state index contributed by atoms with van der Waals surface area (Å²) in [6.45, 7) is 0.224. The first-order valence-electron chi connectivity index (χ1n) is 4.36. The van der Waals surface area contributed by atoms with Crippen LogP contribution in [0.2, 0.25) is 0 Å². The standard InChI is InChI=1S/C8H16F2N2/c1-12-5-3-2-4-7(12)8(9,10)6-11/h7H,2-6,11H2,1H3. The molecule has 0 aromatic carbocycles. The molecular weight excluding hydrogens is 162 g/mol. The van der Waals surface area contributed by atoms with Gasteiger partial charge < -0.3 is 5.73 Å². The van der Waals surface area contributed by atoms with Crippen LogP contribution in [0.4, 0.5) is 8.78 Å². The summed E-state index contributed by atoms with van der Waals surface area (Å²) in [4.78, 5) is 1.72. The minimum absolute atomic E-state index is 0.540. The topological polar surface area (TPSA) is 29.3 Å². The summed E-state index contributed by atoms with van der Waals surface area (Å²) in [6, 6.07) is -0.642. The van der Waals surface area contributed by atoms with Gasteiger partial charge in [-0.1, -0.05) is 6.42 Å². The number of piperidine rings is 1. The summed E-state index contributed by atoms with van der Waals surface area (Å²) >= 11 is 0. The molecule has 4 heteroatoms. The largest absolute Gasteiger partial charge is 0.325 e. The summed E-state index contributed by atoms with van der Waals surface area (Å²) in [6.07, 6.45) is 2.49. The lowest BCUT2D eigenvalue weighted by Crippen LogP contribution is -2.51. The second kappa shape index (κ2) is 3.66. The Labute approximate surface area is 71.7 Å². The van der Waals surface area contributed by atoms with Gasteiger partial charge in [-0.2, -0.15) is 0 Å². The van der Waals surface area contributed by atoms with Crippen LogP contribution in [0.1, 0.15) is 19.3 Å². The third kappa shape index (κ3) is 1.93. The van der Waals surface area contributed by atoms with E-state index >= 15 is 0 Å². The molecule has 0 aromatic heterocycles. The van der Waals surface area contributed by atoms with Crippen molar-refractivity contribution < 1.29 is 8.78 Å². The highest BCUT2D eigenvalue weighted by Crippen LogP contribution is 2.28. The molecule has 0 radical (unpaired) electrons. The summed E-state index contributed by atoms with van der Waals surface area (Å²) in [5, 5.41) is 0. The van der Waals surface area contributed by atoms with E-state index in [1.54, 1.807) is 11.9 Å². The van der Waals surface area contributed by atoms with Gasteiger partial charge in [0, 0.05) is 0 Å². The monoisotopic (exact) mass is 178 g/mol. The Morgan fingerprint density at radius 3 is 2.67 bits per heavy atom. The van der Waals surface area contributed by atoms with Crippen molar-refractivity contribution in [1.82, 2.24) is 4.90 Å². The minimum Gasteiger partial charge on any atom is -0.325 e. The van der Waals surface area contributed by atoms with E-state index in [0.29, 0.717) is 6.42 Å². The van der Waals surface area contributed by atoms with E-state index in [1.165, 1.54) is 0 Å². The number of halogens is 2. The van der Waals surface area contributed by atoms with E-state index in [4.69, 9.17) is 5.73 Å². The van der Waals surface area contributed by atoms with E-state index in [1.807, 2.05) is 0 Å². The number of rotatable bonds is 2. The van der Waals surface area contributed by atoms with Crippen molar-refractivity contribution in [3.8, 4) is 0 Å². The van der Waals surface area contributed by atoms with Crippen LogP contribution in [-0.4, -0.2) is 37.0 Å². The number of hydrogen-bond donors (Lipinski definition) is 1. The summed E-state index contributed by atoms with van der Waals surface area (Å²) in [5.41, 5.74) is 5.02. The van der Waals surface area contributed by atoms with Gasteiger partial charge in [0.1, 0.15) is 0 Å². The highest BCUT2D eigenvalue weighted by Gasteiger charge is 2.41. The van der Waals surface area contributed by atoms with E-state index < -0.39 is 18.5 Å². The van der Waals surface area contributed by atoms with Crippen LogP contribution >= 0.6 is 0 Å². The molecule has 1 atom stereocenters. The number of alkyl halides is 2. The van der Waals surface area contributed by atoms with Crippen LogP contribution in [0.5, 0.6) is 0 Å². The Balaban J connectivity index is 2.58. The molecular formula is C8H16F2N2. The summed E-state index contributed by atoms with van der Waals surface area (Å²) < 4.78 is 26.2. The molecule has 0 aliphatic carbocycles. The van der Waals surface area contributed by atoms with Gasteiger partial charge in [0.25, 0.3) is 5.92 Å². The SMILES string of the molecule is CN1CCCCC1C(F)(F)CN. The zero-order chi connectivity index (χ0) is 9.19. The normalized spacial score (nSPS) is 27.5. The van der Waals surface area contributed by atoms with Gasteiger partial charge in [0.15, 0.2) is 0 Å². The van der Waals surface area contributed by atoms with Crippen LogP contribution < -0.4 is 5.73 Å². The van der Waals surface area contributed by atoms with Gasteiger partial charge >= 0.3 is 0 Å². The maximum Gasteiger partial charge on any atom is 0.275 e. The fourth-order valence-corrected chi connectivity index (χ4v) is 1.74. The average Bonchev–Trinajstić information content (AvgIpc) is 2.05. The number of nitrogens with zero attached hydrogens (tertiary/aromatic N) is 1. The molecule has 1 heterocycles. The molecule has 2 N–H and O–H groups in total. The van der Waals surface area contributed by atoms with E-state index in [-0.39, 0.29) is 0 Å². The first kappa shape index (κ1) is 9.86. The van der Waals surface area contributed by atoms with Crippen molar-refractivity contribution >= 4 is 0 Å². The molecule has 1 aliphatic rings. The maximum atomic E-state index is 13.1. The molecule has 1 unspecified atom stereocenters.